The predicted molar refractivity (Wildman–Crippen MR) is 91.0 cm³/mol. The lowest BCUT2D eigenvalue weighted by Gasteiger charge is -2.24. The molecule has 2 aromatic rings. The third kappa shape index (κ3) is 4.87. The fourth-order valence-electron chi connectivity index (χ4n) is 2.40. The van der Waals surface area contributed by atoms with Crippen LogP contribution in [0.4, 0.5) is 4.79 Å². The molecule has 1 aromatic heterocycles. The molecule has 0 aliphatic carbocycles. The maximum Gasteiger partial charge on any atom is 0.405 e. The lowest BCUT2D eigenvalue weighted by atomic mass is 9.96. The van der Waals surface area contributed by atoms with E-state index >= 15 is 0 Å². The molecular weight excluding hydrogens is 308 g/mol. The number of carboxylic acid groups (broad SMARTS) is 1. The quantitative estimate of drug-likeness (QED) is 0.842. The lowest BCUT2D eigenvalue weighted by Crippen LogP contribution is -2.44. The van der Waals surface area contributed by atoms with Crippen LogP contribution in [0, 0.1) is 6.92 Å². The number of aryl methyl sites for hydroxylation is 1. The van der Waals surface area contributed by atoms with Gasteiger partial charge in [0.25, 0.3) is 0 Å². The molecule has 0 unspecified atom stereocenters. The highest BCUT2D eigenvalue weighted by Crippen LogP contribution is 2.27. The highest BCUT2D eigenvalue weighted by molar-refractivity contribution is 5.65. The van der Waals surface area contributed by atoms with Gasteiger partial charge in [-0.3, -0.25) is 0 Å². The van der Waals surface area contributed by atoms with Crippen molar-refractivity contribution in [2.75, 3.05) is 7.11 Å². The van der Waals surface area contributed by atoms with E-state index in [1.807, 2.05) is 45.0 Å². The molecule has 0 fully saturated rings. The van der Waals surface area contributed by atoms with Crippen LogP contribution in [0.15, 0.2) is 36.5 Å². The number of ether oxygens (including phenoxy) is 2. The highest BCUT2D eigenvalue weighted by atomic mass is 16.5. The molecule has 1 aromatic carbocycles. The number of hydrogen-bond acceptors (Lipinski definition) is 4. The molecule has 1 amide bonds. The van der Waals surface area contributed by atoms with Crippen molar-refractivity contribution in [3.8, 4) is 17.4 Å². The van der Waals surface area contributed by atoms with Crippen molar-refractivity contribution in [3.63, 3.8) is 0 Å². The minimum atomic E-state index is -1.04. The van der Waals surface area contributed by atoms with Gasteiger partial charge in [0, 0.05) is 23.9 Å². The Labute approximate surface area is 141 Å². The molecule has 0 aliphatic heterocycles. The maximum absolute atomic E-state index is 10.8. The van der Waals surface area contributed by atoms with Crippen LogP contribution in [0.3, 0.4) is 0 Å². The molecule has 2 N–H and O–H groups in total. The summed E-state index contributed by atoms with van der Waals surface area (Å²) in [5.74, 6) is 1.87. The van der Waals surface area contributed by atoms with Crippen molar-refractivity contribution in [2.24, 2.45) is 0 Å². The molecule has 6 heteroatoms. The number of amides is 1. The summed E-state index contributed by atoms with van der Waals surface area (Å²) in [6, 6.07) is 9.22. The molecule has 0 spiro atoms. The van der Waals surface area contributed by atoms with Gasteiger partial charge in [-0.2, -0.15) is 0 Å². The number of nitrogens with zero attached hydrogens (tertiary/aromatic N) is 1. The summed E-state index contributed by atoms with van der Waals surface area (Å²) in [6.45, 7) is 5.61. The zero-order valence-electron chi connectivity index (χ0n) is 14.3. The fourth-order valence-corrected chi connectivity index (χ4v) is 2.40. The zero-order chi connectivity index (χ0) is 17.7. The molecule has 1 heterocycles. The number of benzene rings is 1. The van der Waals surface area contributed by atoms with Gasteiger partial charge in [0.1, 0.15) is 11.5 Å². The van der Waals surface area contributed by atoms with Crippen LogP contribution in [0.25, 0.3) is 0 Å². The SMILES string of the molecule is COc1cc(Oc2ccc(CC(C)(C)NC(=O)O)cn2)ccc1C. The molecule has 24 heavy (non-hydrogen) atoms. The average molecular weight is 330 g/mol. The van der Waals surface area contributed by atoms with E-state index in [1.165, 1.54) is 0 Å². The molecule has 0 saturated carbocycles. The second kappa shape index (κ2) is 7.21. The van der Waals surface area contributed by atoms with Crippen molar-refractivity contribution in [1.29, 1.82) is 0 Å². The van der Waals surface area contributed by atoms with Gasteiger partial charge in [-0.1, -0.05) is 12.1 Å². The van der Waals surface area contributed by atoms with Crippen LogP contribution >= 0.6 is 0 Å². The number of carbonyl (C=O) groups is 1. The zero-order valence-corrected chi connectivity index (χ0v) is 14.3. The summed E-state index contributed by atoms with van der Waals surface area (Å²) < 4.78 is 11.0. The Kier molecular flexibility index (Phi) is 5.28. The first kappa shape index (κ1) is 17.6. The first-order chi connectivity index (χ1) is 11.3. The summed E-state index contributed by atoms with van der Waals surface area (Å²) in [4.78, 5) is 15.1. The average Bonchev–Trinajstić information content (AvgIpc) is 2.49. The Morgan fingerprint density at radius 1 is 1.29 bits per heavy atom. The molecule has 0 aliphatic rings. The summed E-state index contributed by atoms with van der Waals surface area (Å²) in [5, 5.41) is 11.3. The van der Waals surface area contributed by atoms with Gasteiger partial charge in [-0.25, -0.2) is 9.78 Å². The second-order valence-electron chi connectivity index (χ2n) is 6.23. The Hall–Kier alpha value is -2.76. The Morgan fingerprint density at radius 3 is 2.62 bits per heavy atom. The van der Waals surface area contributed by atoms with Crippen LogP contribution in [0.1, 0.15) is 25.0 Å². The van der Waals surface area contributed by atoms with Crippen molar-refractivity contribution in [1.82, 2.24) is 10.3 Å². The van der Waals surface area contributed by atoms with E-state index < -0.39 is 11.6 Å². The predicted octanol–water partition coefficient (Wildman–Crippen LogP) is 3.78. The monoisotopic (exact) mass is 330 g/mol. The van der Waals surface area contributed by atoms with Crippen molar-refractivity contribution in [2.45, 2.75) is 32.7 Å². The van der Waals surface area contributed by atoms with E-state index in [1.54, 1.807) is 19.4 Å². The largest absolute Gasteiger partial charge is 0.496 e. The Balaban J connectivity index is 2.05. The van der Waals surface area contributed by atoms with Gasteiger partial charge >= 0.3 is 6.09 Å². The molecule has 0 radical (unpaired) electrons. The number of nitrogens with one attached hydrogen (secondary N) is 1. The van der Waals surface area contributed by atoms with Crippen LogP contribution in [-0.4, -0.2) is 28.8 Å². The molecule has 6 nitrogen and oxygen atoms in total. The van der Waals surface area contributed by atoms with Gasteiger partial charge in [0.05, 0.1) is 7.11 Å². The van der Waals surface area contributed by atoms with E-state index in [-0.39, 0.29) is 0 Å². The van der Waals surface area contributed by atoms with Gasteiger partial charge in [0.2, 0.25) is 5.88 Å². The molecule has 0 atom stereocenters. The smallest absolute Gasteiger partial charge is 0.405 e. The topological polar surface area (TPSA) is 80.7 Å². The van der Waals surface area contributed by atoms with Crippen molar-refractivity contribution < 1.29 is 19.4 Å². The van der Waals surface area contributed by atoms with E-state index in [9.17, 15) is 4.79 Å². The summed E-state index contributed by atoms with van der Waals surface area (Å²) in [6.07, 6.45) is 1.18. The number of pyridine rings is 1. The maximum atomic E-state index is 10.8. The highest BCUT2D eigenvalue weighted by Gasteiger charge is 2.20. The first-order valence-corrected chi connectivity index (χ1v) is 7.57. The lowest BCUT2D eigenvalue weighted by molar-refractivity contribution is 0.182. The van der Waals surface area contributed by atoms with Crippen LogP contribution in [0.2, 0.25) is 0 Å². The van der Waals surface area contributed by atoms with Crippen molar-refractivity contribution in [3.05, 3.63) is 47.7 Å². The minimum Gasteiger partial charge on any atom is -0.496 e. The molecule has 0 bridgehead atoms. The number of hydrogen-bond donors (Lipinski definition) is 2. The van der Waals surface area contributed by atoms with E-state index in [0.29, 0.717) is 18.1 Å². The van der Waals surface area contributed by atoms with Crippen molar-refractivity contribution >= 4 is 6.09 Å². The third-order valence-corrected chi connectivity index (χ3v) is 3.49. The third-order valence-electron chi connectivity index (χ3n) is 3.49. The standard InChI is InChI=1S/C18H22N2O4/c1-12-5-7-14(9-15(12)23-4)24-16-8-6-13(11-19-16)10-18(2,3)20-17(21)22/h5-9,11,20H,10H2,1-4H3,(H,21,22). The van der Waals surface area contributed by atoms with Gasteiger partial charge in [0.15, 0.2) is 0 Å². The van der Waals surface area contributed by atoms with Gasteiger partial charge in [-0.15, -0.1) is 0 Å². The molecule has 128 valence electrons. The summed E-state index contributed by atoms with van der Waals surface area (Å²) in [7, 11) is 1.62. The normalized spacial score (nSPS) is 11.0. The van der Waals surface area contributed by atoms with Gasteiger partial charge < -0.3 is 19.9 Å². The Morgan fingerprint density at radius 2 is 2.04 bits per heavy atom. The molecule has 0 saturated heterocycles. The molecular formula is C18H22N2O4. The van der Waals surface area contributed by atoms with E-state index in [2.05, 4.69) is 10.3 Å². The summed E-state index contributed by atoms with van der Waals surface area (Å²) in [5.41, 5.74) is 1.38. The van der Waals surface area contributed by atoms with Gasteiger partial charge in [-0.05, 0) is 44.4 Å². The number of aromatic nitrogens is 1. The summed E-state index contributed by atoms with van der Waals surface area (Å²) >= 11 is 0. The van der Waals surface area contributed by atoms with Crippen LogP contribution < -0.4 is 14.8 Å². The van der Waals surface area contributed by atoms with E-state index in [4.69, 9.17) is 14.6 Å². The Bertz CT molecular complexity index is 711. The van der Waals surface area contributed by atoms with E-state index in [0.717, 1.165) is 16.9 Å². The molecule has 2 rings (SSSR count). The fraction of sp³-hybridized carbons (Fsp3) is 0.333. The first-order valence-electron chi connectivity index (χ1n) is 7.57. The van der Waals surface area contributed by atoms with Crippen LogP contribution in [0.5, 0.6) is 17.4 Å². The second-order valence-corrected chi connectivity index (χ2v) is 6.23. The number of rotatable bonds is 6. The minimum absolute atomic E-state index is 0.466. The van der Waals surface area contributed by atoms with Crippen LogP contribution in [-0.2, 0) is 6.42 Å². The number of methoxy groups -OCH3 is 1.